The molecule has 102 valence electrons. The van der Waals surface area contributed by atoms with Crippen molar-refractivity contribution in [3.05, 3.63) is 29.3 Å². The first kappa shape index (κ1) is 13.5. The van der Waals surface area contributed by atoms with Crippen molar-refractivity contribution in [2.45, 2.75) is 13.0 Å². The van der Waals surface area contributed by atoms with Crippen LogP contribution >= 0.6 is 0 Å². The van der Waals surface area contributed by atoms with Gasteiger partial charge in [0, 0.05) is 17.8 Å². The highest BCUT2D eigenvalue weighted by Crippen LogP contribution is 2.15. The van der Waals surface area contributed by atoms with Crippen molar-refractivity contribution >= 4 is 17.5 Å². The van der Waals surface area contributed by atoms with Gasteiger partial charge in [0.05, 0.1) is 13.2 Å². The molecule has 6 nitrogen and oxygen atoms in total. The van der Waals surface area contributed by atoms with E-state index in [4.69, 9.17) is 10.5 Å². The standard InChI is InChI=1S/C13H17N3O3/c1-8-6-9(2-3-10(8)12(14)17)16-13(18)11-7-19-5-4-15-11/h2-3,6,11,15H,4-5,7H2,1H3,(H2,14,17)(H,16,18). The zero-order valence-corrected chi connectivity index (χ0v) is 10.7. The van der Waals surface area contributed by atoms with Crippen LogP contribution in [0.25, 0.3) is 0 Å². The Morgan fingerprint density at radius 3 is 2.84 bits per heavy atom. The number of rotatable bonds is 3. The highest BCUT2D eigenvalue weighted by atomic mass is 16.5. The van der Waals surface area contributed by atoms with E-state index in [1.807, 2.05) is 0 Å². The monoisotopic (exact) mass is 263 g/mol. The quantitative estimate of drug-likeness (QED) is 0.716. The van der Waals surface area contributed by atoms with Crippen molar-refractivity contribution < 1.29 is 14.3 Å². The van der Waals surface area contributed by atoms with Gasteiger partial charge in [0.2, 0.25) is 11.8 Å². The molecule has 2 amide bonds. The van der Waals surface area contributed by atoms with E-state index in [-0.39, 0.29) is 11.9 Å². The first-order chi connectivity index (χ1) is 9.08. The number of carbonyl (C=O) groups excluding carboxylic acids is 2. The summed E-state index contributed by atoms with van der Waals surface area (Å²) in [6.45, 7) is 3.43. The lowest BCUT2D eigenvalue weighted by molar-refractivity contribution is -0.120. The molecule has 0 spiro atoms. The number of anilines is 1. The van der Waals surface area contributed by atoms with Gasteiger partial charge in [0.1, 0.15) is 6.04 Å². The molecule has 1 fully saturated rings. The zero-order chi connectivity index (χ0) is 13.8. The van der Waals surface area contributed by atoms with Crippen LogP contribution < -0.4 is 16.4 Å². The lowest BCUT2D eigenvalue weighted by Gasteiger charge is -2.23. The van der Waals surface area contributed by atoms with Crippen LogP contribution in [0.5, 0.6) is 0 Å². The summed E-state index contributed by atoms with van der Waals surface area (Å²) in [7, 11) is 0. The van der Waals surface area contributed by atoms with Gasteiger partial charge in [-0.2, -0.15) is 0 Å². The highest BCUT2D eigenvalue weighted by Gasteiger charge is 2.21. The molecular weight excluding hydrogens is 246 g/mol. The van der Waals surface area contributed by atoms with E-state index in [1.165, 1.54) is 0 Å². The normalized spacial score (nSPS) is 18.9. The Morgan fingerprint density at radius 2 is 2.26 bits per heavy atom. The van der Waals surface area contributed by atoms with Crippen molar-refractivity contribution in [1.82, 2.24) is 5.32 Å². The van der Waals surface area contributed by atoms with Crippen LogP contribution in [-0.2, 0) is 9.53 Å². The molecule has 0 saturated carbocycles. The minimum Gasteiger partial charge on any atom is -0.378 e. The number of nitrogens with one attached hydrogen (secondary N) is 2. The lowest BCUT2D eigenvalue weighted by atomic mass is 10.1. The minimum absolute atomic E-state index is 0.147. The zero-order valence-electron chi connectivity index (χ0n) is 10.7. The van der Waals surface area contributed by atoms with Gasteiger partial charge in [0.15, 0.2) is 0 Å². The molecule has 6 heteroatoms. The summed E-state index contributed by atoms with van der Waals surface area (Å²) in [6, 6.07) is 4.65. The average Bonchev–Trinajstić information content (AvgIpc) is 2.39. The van der Waals surface area contributed by atoms with E-state index in [1.54, 1.807) is 25.1 Å². The Balaban J connectivity index is 2.04. The molecule has 0 aromatic heterocycles. The largest absolute Gasteiger partial charge is 0.378 e. The van der Waals surface area contributed by atoms with Gasteiger partial charge in [-0.15, -0.1) is 0 Å². The third-order valence-corrected chi connectivity index (χ3v) is 3.00. The van der Waals surface area contributed by atoms with Crippen molar-refractivity contribution in [3.8, 4) is 0 Å². The van der Waals surface area contributed by atoms with E-state index < -0.39 is 5.91 Å². The van der Waals surface area contributed by atoms with E-state index in [0.717, 1.165) is 5.56 Å². The van der Waals surface area contributed by atoms with E-state index in [0.29, 0.717) is 31.0 Å². The van der Waals surface area contributed by atoms with Crippen molar-refractivity contribution in [3.63, 3.8) is 0 Å². The van der Waals surface area contributed by atoms with E-state index >= 15 is 0 Å². The number of nitrogens with two attached hydrogens (primary N) is 1. The van der Waals surface area contributed by atoms with Crippen LogP contribution in [0.15, 0.2) is 18.2 Å². The summed E-state index contributed by atoms with van der Waals surface area (Å²) < 4.78 is 5.23. The molecular formula is C13H17N3O3. The van der Waals surface area contributed by atoms with Crippen LogP contribution in [-0.4, -0.2) is 37.6 Å². The Kier molecular flexibility index (Phi) is 4.13. The second kappa shape index (κ2) is 5.81. The molecule has 0 radical (unpaired) electrons. The topological polar surface area (TPSA) is 93.4 Å². The Labute approximate surface area is 111 Å². The van der Waals surface area contributed by atoms with Crippen molar-refractivity contribution in [2.24, 2.45) is 5.73 Å². The molecule has 0 bridgehead atoms. The van der Waals surface area contributed by atoms with Crippen molar-refractivity contribution in [1.29, 1.82) is 0 Å². The molecule has 4 N–H and O–H groups in total. The fourth-order valence-electron chi connectivity index (χ4n) is 1.98. The maximum absolute atomic E-state index is 12.0. The molecule has 1 heterocycles. The third-order valence-electron chi connectivity index (χ3n) is 3.00. The SMILES string of the molecule is Cc1cc(NC(=O)C2COCCN2)ccc1C(N)=O. The fourth-order valence-corrected chi connectivity index (χ4v) is 1.98. The van der Waals surface area contributed by atoms with Gasteiger partial charge >= 0.3 is 0 Å². The maximum atomic E-state index is 12.0. The lowest BCUT2D eigenvalue weighted by Crippen LogP contribution is -2.48. The molecule has 0 aliphatic carbocycles. The van der Waals surface area contributed by atoms with Gasteiger partial charge in [0.25, 0.3) is 0 Å². The minimum atomic E-state index is -0.474. The molecule has 1 saturated heterocycles. The number of aryl methyl sites for hydroxylation is 1. The second-order valence-corrected chi connectivity index (χ2v) is 4.46. The fraction of sp³-hybridized carbons (Fsp3) is 0.385. The van der Waals surface area contributed by atoms with Crippen LogP contribution in [0.3, 0.4) is 0 Å². The molecule has 2 rings (SSSR count). The molecule has 1 aliphatic rings. The number of benzene rings is 1. The molecule has 1 aliphatic heterocycles. The summed E-state index contributed by atoms with van der Waals surface area (Å²) in [5, 5.41) is 5.86. The number of hydrogen-bond acceptors (Lipinski definition) is 4. The highest BCUT2D eigenvalue weighted by molar-refractivity contribution is 5.97. The number of hydrogen-bond donors (Lipinski definition) is 3. The predicted molar refractivity (Wildman–Crippen MR) is 70.9 cm³/mol. The summed E-state index contributed by atoms with van der Waals surface area (Å²) >= 11 is 0. The molecule has 1 atom stereocenters. The summed E-state index contributed by atoms with van der Waals surface area (Å²) in [4.78, 5) is 23.1. The first-order valence-electron chi connectivity index (χ1n) is 6.10. The molecule has 1 unspecified atom stereocenters. The van der Waals surface area contributed by atoms with Gasteiger partial charge in [-0.25, -0.2) is 0 Å². The maximum Gasteiger partial charge on any atom is 0.248 e. The van der Waals surface area contributed by atoms with Crippen molar-refractivity contribution in [2.75, 3.05) is 25.1 Å². The Hall–Kier alpha value is -1.92. The van der Waals surface area contributed by atoms with Gasteiger partial charge in [-0.1, -0.05) is 0 Å². The Bertz CT molecular complexity index is 496. The van der Waals surface area contributed by atoms with Crippen LogP contribution in [0.1, 0.15) is 15.9 Å². The molecule has 1 aromatic carbocycles. The molecule has 1 aromatic rings. The summed E-state index contributed by atoms with van der Waals surface area (Å²) in [5.74, 6) is -0.622. The van der Waals surface area contributed by atoms with Gasteiger partial charge in [-0.3, -0.25) is 9.59 Å². The smallest absolute Gasteiger partial charge is 0.248 e. The number of ether oxygens (including phenoxy) is 1. The van der Waals surface area contributed by atoms with Crippen LogP contribution in [0.4, 0.5) is 5.69 Å². The Morgan fingerprint density at radius 1 is 1.47 bits per heavy atom. The number of morpholine rings is 1. The third kappa shape index (κ3) is 3.30. The van der Waals surface area contributed by atoms with Crippen LogP contribution in [0.2, 0.25) is 0 Å². The first-order valence-corrected chi connectivity index (χ1v) is 6.10. The molecule has 19 heavy (non-hydrogen) atoms. The van der Waals surface area contributed by atoms with Crippen LogP contribution in [0, 0.1) is 6.92 Å². The van der Waals surface area contributed by atoms with E-state index in [9.17, 15) is 9.59 Å². The number of amides is 2. The average molecular weight is 263 g/mol. The summed E-state index contributed by atoms with van der Waals surface area (Å²) in [5.41, 5.74) is 7.06. The number of primary amides is 1. The van der Waals surface area contributed by atoms with E-state index in [2.05, 4.69) is 10.6 Å². The number of carbonyl (C=O) groups is 2. The second-order valence-electron chi connectivity index (χ2n) is 4.46. The van der Waals surface area contributed by atoms with Gasteiger partial charge < -0.3 is 21.1 Å². The predicted octanol–water partition coefficient (Wildman–Crippen LogP) is 0.0208. The van der Waals surface area contributed by atoms with Gasteiger partial charge in [-0.05, 0) is 30.7 Å². The summed E-state index contributed by atoms with van der Waals surface area (Å²) in [6.07, 6.45) is 0.